The number of rotatable bonds is 14. The van der Waals surface area contributed by atoms with Crippen molar-refractivity contribution in [2.75, 3.05) is 36.4 Å². The number of piperidine rings is 1. The van der Waals surface area contributed by atoms with Crippen LogP contribution in [0.25, 0.3) is 11.3 Å². The molecule has 1 aliphatic rings. The number of hydrogen-bond donors (Lipinski definition) is 1. The van der Waals surface area contributed by atoms with Crippen LogP contribution in [0, 0.1) is 19.3 Å². The van der Waals surface area contributed by atoms with Crippen LogP contribution in [-0.4, -0.2) is 72.1 Å². The number of aldehydes is 1. The molecule has 0 amide bonds. The Bertz CT molecular complexity index is 2140. The zero-order valence-electron chi connectivity index (χ0n) is 32.1. The Morgan fingerprint density at radius 3 is 2.35 bits per heavy atom. The van der Waals surface area contributed by atoms with Crippen molar-refractivity contribution in [2.45, 2.75) is 77.4 Å². The first-order valence-electron chi connectivity index (χ1n) is 18.5. The van der Waals surface area contributed by atoms with Crippen LogP contribution < -0.4 is 14.4 Å². The molecule has 1 aliphatic heterocycles. The highest BCUT2D eigenvalue weighted by atomic mass is 32.2. The van der Waals surface area contributed by atoms with Crippen molar-refractivity contribution in [1.82, 2.24) is 24.6 Å². The standard InChI is InChI=1S/C42H51N7O4S/c1-30-12-10-13-31(2)40(30)38-23-39(45-41(44-38)46-54(51,52)37-17-11-16-33(22-37)28-50)53-29-35(24-42(3,4)5)47(6)36-25-43-49(27-36)34-18-20-48(21-19-34)26-32-14-8-7-9-15-32/h7-17,22-23,25,27-28,34-35H,18-21,24,26,29H2,1-6H3,(H,44,45,46)/t35-/m1/s1. The zero-order valence-corrected chi connectivity index (χ0v) is 32.9. The third kappa shape index (κ3) is 9.72. The summed E-state index contributed by atoms with van der Waals surface area (Å²) in [5.74, 6) is 0.116. The SMILES string of the molecule is Cc1cccc(C)c1-c1cc(OC[C@@H](CC(C)(C)C)N(C)c2cnn(C3CCN(Cc4ccccc4)CC3)c2)nc(NS(=O)(=O)c2cccc(C=O)c2)n1. The Kier molecular flexibility index (Phi) is 11.8. The maximum atomic E-state index is 13.5. The smallest absolute Gasteiger partial charge is 0.264 e. The maximum absolute atomic E-state index is 13.5. The predicted octanol–water partition coefficient (Wildman–Crippen LogP) is 7.73. The van der Waals surface area contributed by atoms with Crippen LogP contribution in [0.2, 0.25) is 0 Å². The van der Waals surface area contributed by atoms with Gasteiger partial charge in [-0.25, -0.2) is 18.1 Å². The van der Waals surface area contributed by atoms with E-state index in [-0.39, 0.29) is 40.4 Å². The number of aromatic nitrogens is 4. The summed E-state index contributed by atoms with van der Waals surface area (Å²) in [6.45, 7) is 13.9. The van der Waals surface area contributed by atoms with Crippen LogP contribution in [0.4, 0.5) is 11.6 Å². The molecule has 0 saturated carbocycles. The van der Waals surface area contributed by atoms with Crippen molar-refractivity contribution >= 4 is 27.9 Å². The number of hydrogen-bond acceptors (Lipinski definition) is 9. The highest BCUT2D eigenvalue weighted by molar-refractivity contribution is 7.92. The van der Waals surface area contributed by atoms with E-state index < -0.39 is 10.0 Å². The Morgan fingerprint density at radius 2 is 1.67 bits per heavy atom. The zero-order chi connectivity index (χ0) is 38.5. The topological polar surface area (TPSA) is 123 Å². The van der Waals surface area contributed by atoms with Gasteiger partial charge in [-0.2, -0.15) is 10.1 Å². The van der Waals surface area contributed by atoms with Gasteiger partial charge in [-0.05, 0) is 67.3 Å². The van der Waals surface area contributed by atoms with E-state index in [0.29, 0.717) is 18.0 Å². The summed E-state index contributed by atoms with van der Waals surface area (Å²) >= 11 is 0. The molecule has 1 saturated heterocycles. The molecule has 3 heterocycles. The lowest BCUT2D eigenvalue weighted by atomic mass is 9.87. The monoisotopic (exact) mass is 749 g/mol. The summed E-state index contributed by atoms with van der Waals surface area (Å²) in [6.07, 6.45) is 7.57. The molecule has 5 aromatic rings. The van der Waals surface area contributed by atoms with Gasteiger partial charge < -0.3 is 9.64 Å². The molecule has 3 aromatic carbocycles. The molecule has 0 aliphatic carbocycles. The van der Waals surface area contributed by atoms with Crippen LogP contribution in [0.5, 0.6) is 5.88 Å². The molecule has 0 unspecified atom stereocenters. The summed E-state index contributed by atoms with van der Waals surface area (Å²) in [5.41, 5.74) is 5.94. The van der Waals surface area contributed by atoms with Gasteiger partial charge in [-0.1, -0.05) is 81.4 Å². The minimum absolute atomic E-state index is 0.0180. The van der Waals surface area contributed by atoms with Gasteiger partial charge >= 0.3 is 0 Å². The van der Waals surface area contributed by atoms with E-state index in [4.69, 9.17) is 9.84 Å². The fraction of sp³-hybridized carbons (Fsp3) is 0.381. The van der Waals surface area contributed by atoms with Crippen molar-refractivity contribution in [3.8, 4) is 17.1 Å². The Morgan fingerprint density at radius 1 is 0.963 bits per heavy atom. The van der Waals surface area contributed by atoms with Crippen molar-refractivity contribution in [2.24, 2.45) is 5.41 Å². The lowest BCUT2D eigenvalue weighted by molar-refractivity contribution is 0.112. The summed E-state index contributed by atoms with van der Waals surface area (Å²) in [5, 5.41) is 4.82. The number of nitrogens with zero attached hydrogens (tertiary/aromatic N) is 6. The molecule has 0 bridgehead atoms. The lowest BCUT2D eigenvalue weighted by Gasteiger charge is -2.34. The molecule has 2 aromatic heterocycles. The van der Waals surface area contributed by atoms with Crippen LogP contribution in [-0.2, 0) is 16.6 Å². The molecule has 6 rings (SSSR count). The number of carbonyl (C=O) groups is 1. The normalized spacial score (nSPS) is 14.8. The minimum Gasteiger partial charge on any atom is -0.475 e. The second-order valence-corrected chi connectivity index (χ2v) is 17.2. The molecule has 0 spiro atoms. The first-order valence-corrected chi connectivity index (χ1v) is 20.0. The summed E-state index contributed by atoms with van der Waals surface area (Å²) in [4.78, 5) is 25.2. The molecule has 11 nitrogen and oxygen atoms in total. The van der Waals surface area contributed by atoms with Crippen molar-refractivity contribution in [1.29, 1.82) is 0 Å². The van der Waals surface area contributed by atoms with E-state index in [1.54, 1.807) is 12.1 Å². The summed E-state index contributed by atoms with van der Waals surface area (Å²) in [7, 11) is -2.05. The number of likely N-dealkylation sites (N-methyl/N-ethyl adjacent to an activating group) is 1. The van der Waals surface area contributed by atoms with Gasteiger partial charge in [0.15, 0.2) is 0 Å². The molecule has 0 radical (unpaired) electrons. The van der Waals surface area contributed by atoms with Gasteiger partial charge in [0.2, 0.25) is 11.8 Å². The number of anilines is 2. The second kappa shape index (κ2) is 16.5. The molecule has 284 valence electrons. The number of carbonyl (C=O) groups excluding carboxylic acids is 1. The van der Waals surface area contributed by atoms with Crippen LogP contribution >= 0.6 is 0 Å². The van der Waals surface area contributed by atoms with E-state index >= 15 is 0 Å². The largest absolute Gasteiger partial charge is 0.475 e. The van der Waals surface area contributed by atoms with E-state index in [2.05, 4.69) is 93.5 Å². The number of sulfonamides is 1. The average Bonchev–Trinajstić information content (AvgIpc) is 3.64. The van der Waals surface area contributed by atoms with Crippen molar-refractivity contribution in [3.05, 3.63) is 114 Å². The van der Waals surface area contributed by atoms with Crippen LogP contribution in [0.3, 0.4) is 0 Å². The number of nitrogens with one attached hydrogen (secondary N) is 1. The predicted molar refractivity (Wildman–Crippen MR) is 214 cm³/mol. The van der Waals surface area contributed by atoms with Gasteiger partial charge in [0.25, 0.3) is 10.0 Å². The van der Waals surface area contributed by atoms with Gasteiger partial charge in [0.05, 0.1) is 34.6 Å². The van der Waals surface area contributed by atoms with E-state index in [0.717, 1.165) is 61.3 Å². The van der Waals surface area contributed by atoms with Crippen molar-refractivity contribution in [3.63, 3.8) is 0 Å². The Labute approximate surface area is 319 Å². The fourth-order valence-corrected chi connectivity index (χ4v) is 8.12. The second-order valence-electron chi connectivity index (χ2n) is 15.5. The van der Waals surface area contributed by atoms with Gasteiger partial charge in [-0.3, -0.25) is 14.4 Å². The quantitative estimate of drug-likeness (QED) is 0.114. The summed E-state index contributed by atoms with van der Waals surface area (Å²) < 4.78 is 38.1. The Hall–Kier alpha value is -5.07. The van der Waals surface area contributed by atoms with Gasteiger partial charge in [0, 0.05) is 50.1 Å². The van der Waals surface area contributed by atoms with E-state index in [1.165, 1.54) is 23.8 Å². The molecular formula is C42H51N7O4S. The first kappa shape index (κ1) is 38.6. The third-order valence-corrected chi connectivity index (χ3v) is 11.3. The van der Waals surface area contributed by atoms with Crippen molar-refractivity contribution < 1.29 is 17.9 Å². The highest BCUT2D eigenvalue weighted by Gasteiger charge is 2.27. The molecular weight excluding hydrogens is 699 g/mol. The summed E-state index contributed by atoms with van der Waals surface area (Å²) in [6, 6.07) is 24.4. The number of ether oxygens (including phenoxy) is 1. The molecule has 1 atom stereocenters. The molecule has 1 fully saturated rings. The number of aryl methyl sites for hydroxylation is 2. The van der Waals surface area contributed by atoms with Crippen LogP contribution in [0.15, 0.2) is 96.2 Å². The third-order valence-electron chi connectivity index (χ3n) is 9.96. The number of benzene rings is 3. The molecule has 54 heavy (non-hydrogen) atoms. The minimum atomic E-state index is -4.12. The maximum Gasteiger partial charge on any atom is 0.264 e. The van der Waals surface area contributed by atoms with E-state index in [9.17, 15) is 13.2 Å². The average molecular weight is 750 g/mol. The van der Waals surface area contributed by atoms with Gasteiger partial charge in [0.1, 0.15) is 12.9 Å². The molecule has 12 heteroatoms. The fourth-order valence-electron chi connectivity index (χ4n) is 7.13. The van der Waals surface area contributed by atoms with Gasteiger partial charge in [-0.15, -0.1) is 0 Å². The Balaban J connectivity index is 1.21. The van der Waals surface area contributed by atoms with Crippen LogP contribution in [0.1, 0.15) is 73.1 Å². The highest BCUT2D eigenvalue weighted by Crippen LogP contribution is 2.32. The lowest BCUT2D eigenvalue weighted by Crippen LogP contribution is -2.39. The number of likely N-dealkylation sites (tertiary alicyclic amines) is 1. The first-order chi connectivity index (χ1) is 25.8. The molecule has 1 N–H and O–H groups in total. The van der Waals surface area contributed by atoms with E-state index in [1.807, 2.05) is 38.2 Å².